The van der Waals surface area contributed by atoms with E-state index in [1.807, 2.05) is 24.3 Å². The Hall–Kier alpha value is -3.25. The normalized spacial score (nSPS) is 10.3. The van der Waals surface area contributed by atoms with Gasteiger partial charge < -0.3 is 20.4 Å². The van der Waals surface area contributed by atoms with E-state index < -0.39 is 0 Å². The van der Waals surface area contributed by atoms with E-state index in [9.17, 15) is 9.59 Å². The number of benzene rings is 2. The SMILES string of the molecule is O=C(CNc1cccc(NC(=O)c2ccco2)c1)NCc1ccccc1Cl. The average molecular weight is 384 g/mol. The third-order valence-corrected chi connectivity index (χ3v) is 4.12. The lowest BCUT2D eigenvalue weighted by Gasteiger charge is -2.10. The van der Waals surface area contributed by atoms with E-state index in [4.69, 9.17) is 16.0 Å². The first-order valence-electron chi connectivity index (χ1n) is 8.31. The van der Waals surface area contributed by atoms with E-state index in [1.54, 1.807) is 36.4 Å². The number of hydrogen-bond acceptors (Lipinski definition) is 4. The maximum atomic E-state index is 12.0. The fourth-order valence-corrected chi connectivity index (χ4v) is 2.59. The molecule has 2 amide bonds. The summed E-state index contributed by atoms with van der Waals surface area (Å²) >= 11 is 6.07. The summed E-state index contributed by atoms with van der Waals surface area (Å²) in [6.07, 6.45) is 1.44. The van der Waals surface area contributed by atoms with E-state index in [1.165, 1.54) is 6.26 Å². The second kappa shape index (κ2) is 8.91. The van der Waals surface area contributed by atoms with Crippen molar-refractivity contribution in [3.8, 4) is 0 Å². The van der Waals surface area contributed by atoms with Crippen LogP contribution < -0.4 is 16.0 Å². The second-order valence-electron chi connectivity index (χ2n) is 5.73. The van der Waals surface area contributed by atoms with Crippen molar-refractivity contribution >= 4 is 34.8 Å². The van der Waals surface area contributed by atoms with Crippen LogP contribution in [0.2, 0.25) is 5.02 Å². The number of anilines is 2. The molecule has 1 aromatic heterocycles. The summed E-state index contributed by atoms with van der Waals surface area (Å²) in [5.41, 5.74) is 2.16. The molecule has 3 N–H and O–H groups in total. The Labute approximate surface area is 161 Å². The molecule has 0 unspecified atom stereocenters. The van der Waals surface area contributed by atoms with Gasteiger partial charge in [-0.3, -0.25) is 9.59 Å². The van der Waals surface area contributed by atoms with Crippen LogP contribution >= 0.6 is 11.6 Å². The molecule has 0 bridgehead atoms. The van der Waals surface area contributed by atoms with Crippen LogP contribution in [0.25, 0.3) is 0 Å². The van der Waals surface area contributed by atoms with Gasteiger partial charge in [0, 0.05) is 22.9 Å². The topological polar surface area (TPSA) is 83.4 Å². The number of carbonyl (C=O) groups is 2. The number of amides is 2. The summed E-state index contributed by atoms with van der Waals surface area (Å²) in [5.74, 6) is -0.276. The molecule has 1 heterocycles. The van der Waals surface area contributed by atoms with Gasteiger partial charge in [-0.05, 0) is 42.0 Å². The quantitative estimate of drug-likeness (QED) is 0.577. The van der Waals surface area contributed by atoms with Crippen molar-refractivity contribution in [2.75, 3.05) is 17.2 Å². The van der Waals surface area contributed by atoms with Crippen molar-refractivity contribution in [1.29, 1.82) is 0 Å². The summed E-state index contributed by atoms with van der Waals surface area (Å²) in [7, 11) is 0. The number of furan rings is 1. The van der Waals surface area contributed by atoms with Crippen molar-refractivity contribution < 1.29 is 14.0 Å². The van der Waals surface area contributed by atoms with Gasteiger partial charge >= 0.3 is 0 Å². The smallest absolute Gasteiger partial charge is 0.291 e. The highest BCUT2D eigenvalue weighted by molar-refractivity contribution is 6.31. The molecule has 0 aliphatic heterocycles. The minimum atomic E-state index is -0.338. The minimum Gasteiger partial charge on any atom is -0.459 e. The van der Waals surface area contributed by atoms with E-state index in [0.717, 1.165) is 5.56 Å². The molecule has 0 saturated carbocycles. The summed E-state index contributed by atoms with van der Waals surface area (Å²) in [6.45, 7) is 0.458. The van der Waals surface area contributed by atoms with Gasteiger partial charge in [0.05, 0.1) is 12.8 Å². The first-order chi connectivity index (χ1) is 13.1. The summed E-state index contributed by atoms with van der Waals surface area (Å²) < 4.78 is 5.06. The van der Waals surface area contributed by atoms with Gasteiger partial charge in [0.25, 0.3) is 5.91 Å². The van der Waals surface area contributed by atoms with Crippen molar-refractivity contribution in [2.45, 2.75) is 6.54 Å². The molecule has 7 heteroatoms. The zero-order valence-electron chi connectivity index (χ0n) is 14.4. The highest BCUT2D eigenvalue weighted by atomic mass is 35.5. The van der Waals surface area contributed by atoms with Crippen LogP contribution in [-0.4, -0.2) is 18.4 Å². The fraction of sp³-hybridized carbons (Fsp3) is 0.100. The number of carbonyl (C=O) groups excluding carboxylic acids is 2. The average Bonchev–Trinajstić information content (AvgIpc) is 3.21. The van der Waals surface area contributed by atoms with Gasteiger partial charge in [-0.15, -0.1) is 0 Å². The third kappa shape index (κ3) is 5.36. The predicted molar refractivity (Wildman–Crippen MR) is 105 cm³/mol. The van der Waals surface area contributed by atoms with Gasteiger partial charge in [0.2, 0.25) is 5.91 Å². The van der Waals surface area contributed by atoms with Crippen LogP contribution in [0.3, 0.4) is 0 Å². The minimum absolute atomic E-state index is 0.0973. The molecule has 2 aromatic carbocycles. The summed E-state index contributed by atoms with van der Waals surface area (Å²) in [6, 6.07) is 17.7. The van der Waals surface area contributed by atoms with Crippen LogP contribution in [0.5, 0.6) is 0 Å². The number of hydrogen-bond donors (Lipinski definition) is 3. The van der Waals surface area contributed by atoms with Gasteiger partial charge in [0.15, 0.2) is 5.76 Å². The number of halogens is 1. The maximum Gasteiger partial charge on any atom is 0.291 e. The van der Waals surface area contributed by atoms with Crippen molar-refractivity contribution in [3.05, 3.63) is 83.3 Å². The molecule has 27 heavy (non-hydrogen) atoms. The molecule has 0 radical (unpaired) electrons. The lowest BCUT2D eigenvalue weighted by atomic mass is 10.2. The van der Waals surface area contributed by atoms with E-state index in [-0.39, 0.29) is 24.1 Å². The molecule has 0 fully saturated rings. The molecule has 3 rings (SSSR count). The Balaban J connectivity index is 1.50. The lowest BCUT2D eigenvalue weighted by Crippen LogP contribution is -2.29. The first kappa shape index (κ1) is 18.5. The number of nitrogens with one attached hydrogen (secondary N) is 3. The summed E-state index contributed by atoms with van der Waals surface area (Å²) in [5, 5.41) is 9.19. The monoisotopic (exact) mass is 383 g/mol. The first-order valence-corrected chi connectivity index (χ1v) is 8.68. The van der Waals surface area contributed by atoms with Crippen LogP contribution in [0.1, 0.15) is 16.1 Å². The Morgan fingerprint density at radius 1 is 0.963 bits per heavy atom. The molecular weight excluding hydrogens is 366 g/mol. The van der Waals surface area contributed by atoms with Crippen LogP contribution in [-0.2, 0) is 11.3 Å². The van der Waals surface area contributed by atoms with Crippen molar-refractivity contribution in [1.82, 2.24) is 5.32 Å². The van der Waals surface area contributed by atoms with Gasteiger partial charge in [-0.2, -0.15) is 0 Å². The predicted octanol–water partition coefficient (Wildman–Crippen LogP) is 3.91. The molecule has 3 aromatic rings. The molecule has 0 spiro atoms. The Kier molecular flexibility index (Phi) is 6.12. The molecular formula is C20H18ClN3O3. The molecule has 138 valence electrons. The van der Waals surface area contributed by atoms with Crippen molar-refractivity contribution in [3.63, 3.8) is 0 Å². The highest BCUT2D eigenvalue weighted by Crippen LogP contribution is 2.16. The Bertz CT molecular complexity index is 926. The second-order valence-corrected chi connectivity index (χ2v) is 6.14. The lowest BCUT2D eigenvalue weighted by molar-refractivity contribution is -0.119. The van der Waals surface area contributed by atoms with Crippen LogP contribution in [0.15, 0.2) is 71.3 Å². The standard InChI is InChI=1S/C20H18ClN3O3/c21-17-8-2-1-5-14(17)12-23-19(25)13-22-15-6-3-7-16(11-15)24-20(26)18-9-4-10-27-18/h1-11,22H,12-13H2,(H,23,25)(H,24,26). The molecule has 0 atom stereocenters. The maximum absolute atomic E-state index is 12.0. The zero-order valence-corrected chi connectivity index (χ0v) is 15.1. The summed E-state index contributed by atoms with van der Waals surface area (Å²) in [4.78, 5) is 24.0. The van der Waals surface area contributed by atoms with E-state index >= 15 is 0 Å². The Morgan fingerprint density at radius 2 is 1.78 bits per heavy atom. The van der Waals surface area contributed by atoms with Crippen molar-refractivity contribution in [2.24, 2.45) is 0 Å². The van der Waals surface area contributed by atoms with Crippen LogP contribution in [0.4, 0.5) is 11.4 Å². The highest BCUT2D eigenvalue weighted by Gasteiger charge is 2.09. The van der Waals surface area contributed by atoms with Gasteiger partial charge in [-0.1, -0.05) is 35.9 Å². The van der Waals surface area contributed by atoms with E-state index in [2.05, 4.69) is 16.0 Å². The van der Waals surface area contributed by atoms with Gasteiger partial charge in [-0.25, -0.2) is 0 Å². The Morgan fingerprint density at radius 3 is 2.56 bits per heavy atom. The molecule has 0 saturated heterocycles. The molecule has 6 nitrogen and oxygen atoms in total. The van der Waals surface area contributed by atoms with Gasteiger partial charge in [0.1, 0.15) is 0 Å². The number of rotatable bonds is 7. The fourth-order valence-electron chi connectivity index (χ4n) is 2.39. The molecule has 0 aliphatic rings. The van der Waals surface area contributed by atoms with E-state index in [0.29, 0.717) is 22.9 Å². The third-order valence-electron chi connectivity index (χ3n) is 3.75. The molecule has 0 aliphatic carbocycles. The van der Waals surface area contributed by atoms with Crippen LogP contribution in [0, 0.1) is 0 Å². The zero-order chi connectivity index (χ0) is 19.1. The largest absolute Gasteiger partial charge is 0.459 e.